The van der Waals surface area contributed by atoms with Crippen LogP contribution in [0.1, 0.15) is 62.4 Å². The third kappa shape index (κ3) is 4.35. The average Bonchev–Trinajstić information content (AvgIpc) is 3.59. The molecule has 0 aliphatic heterocycles. The smallest absolute Gasteiger partial charge is 0.220 e. The predicted molar refractivity (Wildman–Crippen MR) is 139 cm³/mol. The van der Waals surface area contributed by atoms with Gasteiger partial charge in [0.05, 0.1) is 38.3 Å². The van der Waals surface area contributed by atoms with Gasteiger partial charge in [-0.05, 0) is 55.6 Å². The molecule has 2 fully saturated rings. The zero-order chi connectivity index (χ0) is 25.7. The first-order valence-corrected chi connectivity index (χ1v) is 13.6. The van der Waals surface area contributed by atoms with Gasteiger partial charge in [-0.3, -0.25) is 4.79 Å². The van der Waals surface area contributed by atoms with Crippen molar-refractivity contribution < 1.29 is 24.5 Å². The van der Waals surface area contributed by atoms with Crippen LogP contribution in [0.2, 0.25) is 0 Å². The van der Waals surface area contributed by atoms with Gasteiger partial charge in [-0.25, -0.2) is 4.98 Å². The van der Waals surface area contributed by atoms with Crippen LogP contribution in [0, 0.1) is 16.7 Å². The number of rotatable bonds is 8. The van der Waals surface area contributed by atoms with Crippen molar-refractivity contribution in [2.45, 2.75) is 70.4 Å². The molecule has 1 amide bonds. The van der Waals surface area contributed by atoms with Crippen LogP contribution >= 0.6 is 11.3 Å². The van der Waals surface area contributed by atoms with Crippen LogP contribution in [0.25, 0.3) is 0 Å². The number of ether oxygens (including phenoxy) is 2. The number of aromatic nitrogens is 1. The lowest BCUT2D eigenvalue weighted by Gasteiger charge is -2.58. The first kappa shape index (κ1) is 25.3. The molecule has 196 valence electrons. The Bertz CT molecular complexity index is 1130. The number of methoxy groups -OCH3 is 2. The number of carbonyl (C=O) groups is 1. The third-order valence-corrected chi connectivity index (χ3v) is 9.88. The zero-order valence-electron chi connectivity index (χ0n) is 21.5. The molecule has 0 radical (unpaired) electrons. The van der Waals surface area contributed by atoms with E-state index in [9.17, 15) is 15.0 Å². The fourth-order valence-corrected chi connectivity index (χ4v) is 7.51. The monoisotopic (exact) mass is 515 g/mol. The number of hydrogen-bond donors (Lipinski definition) is 4. The van der Waals surface area contributed by atoms with E-state index in [0.717, 1.165) is 47.1 Å². The molecule has 5 unspecified atom stereocenters. The minimum Gasteiger partial charge on any atom is -0.497 e. The van der Waals surface area contributed by atoms with Crippen LogP contribution < -0.4 is 20.1 Å². The molecule has 3 aliphatic rings. The van der Waals surface area contributed by atoms with E-state index in [1.165, 1.54) is 0 Å². The lowest BCUT2D eigenvalue weighted by atomic mass is 9.47. The molecular weight excluding hydrogens is 478 g/mol. The number of aliphatic hydroxyl groups is 2. The fourth-order valence-electron chi connectivity index (χ4n) is 6.43. The summed E-state index contributed by atoms with van der Waals surface area (Å²) < 4.78 is 10.9. The first-order valence-electron chi connectivity index (χ1n) is 12.8. The maximum atomic E-state index is 13.1. The lowest BCUT2D eigenvalue weighted by Crippen LogP contribution is -2.57. The number of benzene rings is 1. The van der Waals surface area contributed by atoms with Crippen molar-refractivity contribution in [3.63, 3.8) is 0 Å². The Labute approximate surface area is 216 Å². The van der Waals surface area contributed by atoms with Gasteiger partial charge < -0.3 is 30.3 Å². The van der Waals surface area contributed by atoms with Crippen molar-refractivity contribution in [3.05, 3.63) is 28.8 Å². The van der Waals surface area contributed by atoms with E-state index in [1.807, 2.05) is 25.1 Å². The summed E-state index contributed by atoms with van der Waals surface area (Å²) in [5.74, 6) is 1.39. The highest BCUT2D eigenvalue weighted by Gasteiger charge is 2.59. The summed E-state index contributed by atoms with van der Waals surface area (Å²) in [5, 5.41) is 28.7. The second-order valence-electron chi connectivity index (χ2n) is 11.1. The van der Waals surface area contributed by atoms with Gasteiger partial charge in [0.1, 0.15) is 11.5 Å². The molecule has 1 aromatic heterocycles. The number of fused-ring (bicyclic) bond motifs is 2. The van der Waals surface area contributed by atoms with Crippen molar-refractivity contribution in [1.82, 2.24) is 10.3 Å². The van der Waals surface area contributed by atoms with Crippen LogP contribution in [0.4, 0.5) is 10.8 Å². The minimum absolute atomic E-state index is 0.0321. The summed E-state index contributed by atoms with van der Waals surface area (Å²) in [6.07, 6.45) is 3.99. The topological polar surface area (TPSA) is 113 Å². The van der Waals surface area contributed by atoms with Gasteiger partial charge in [-0.2, -0.15) is 0 Å². The van der Waals surface area contributed by atoms with Crippen molar-refractivity contribution in [2.75, 3.05) is 26.1 Å². The predicted octanol–water partition coefficient (Wildman–Crippen LogP) is 3.99. The molecule has 1 aromatic carbocycles. The maximum Gasteiger partial charge on any atom is 0.220 e. The second-order valence-corrected chi connectivity index (χ2v) is 12.2. The first-order chi connectivity index (χ1) is 17.2. The van der Waals surface area contributed by atoms with Crippen molar-refractivity contribution >= 4 is 28.1 Å². The molecule has 2 saturated carbocycles. The number of amides is 1. The normalized spacial score (nSPS) is 31.2. The van der Waals surface area contributed by atoms with E-state index in [0.29, 0.717) is 30.4 Å². The van der Waals surface area contributed by atoms with Crippen LogP contribution in [0.15, 0.2) is 18.2 Å². The standard InChI is InChI=1S/C27H37N3O5S/c1-26-10-9-22(32)27(2,14-31)21(26)13-20-24(17(26)12-23(33)28-15-5-6-15)30-25(36-20)29-18-11-16(34-3)7-8-19(18)35-4/h7-8,11,15,17,21-22,31-32H,5-6,9-10,12-14H2,1-4H3,(H,28,33)(H,29,30). The van der Waals surface area contributed by atoms with Crippen molar-refractivity contribution in [2.24, 2.45) is 16.7 Å². The number of hydrogen-bond acceptors (Lipinski definition) is 8. The van der Waals surface area contributed by atoms with Crippen LogP contribution in [-0.2, 0) is 11.2 Å². The van der Waals surface area contributed by atoms with Gasteiger partial charge in [0.15, 0.2) is 5.13 Å². The summed E-state index contributed by atoms with van der Waals surface area (Å²) in [6, 6.07) is 5.87. The number of nitrogens with one attached hydrogen (secondary N) is 2. The van der Waals surface area contributed by atoms with E-state index in [-0.39, 0.29) is 29.8 Å². The van der Waals surface area contributed by atoms with E-state index in [1.54, 1.807) is 25.6 Å². The highest BCUT2D eigenvalue weighted by molar-refractivity contribution is 7.15. The van der Waals surface area contributed by atoms with Gasteiger partial charge in [0.25, 0.3) is 0 Å². The molecule has 0 bridgehead atoms. The molecule has 5 atom stereocenters. The number of aliphatic hydroxyl groups excluding tert-OH is 2. The Hall–Kier alpha value is -2.36. The summed E-state index contributed by atoms with van der Waals surface area (Å²) in [7, 11) is 3.25. The quantitative estimate of drug-likeness (QED) is 0.421. The van der Waals surface area contributed by atoms with Crippen LogP contribution in [0.5, 0.6) is 11.5 Å². The molecule has 9 heteroatoms. The van der Waals surface area contributed by atoms with Gasteiger partial charge in [0.2, 0.25) is 5.91 Å². The number of nitrogens with zero attached hydrogens (tertiary/aromatic N) is 1. The number of carbonyl (C=O) groups excluding carboxylic acids is 1. The molecule has 8 nitrogen and oxygen atoms in total. The SMILES string of the molecule is COc1ccc(OC)c(Nc2nc3c(s2)CC2C(C)(CO)C(O)CCC2(C)C3CC(=O)NC2CC2)c1. The number of anilines is 2. The van der Waals surface area contributed by atoms with E-state index < -0.39 is 11.5 Å². The van der Waals surface area contributed by atoms with E-state index in [4.69, 9.17) is 14.5 Å². The molecule has 0 saturated heterocycles. The average molecular weight is 516 g/mol. The highest BCUT2D eigenvalue weighted by atomic mass is 32.1. The van der Waals surface area contributed by atoms with E-state index in [2.05, 4.69) is 17.6 Å². The van der Waals surface area contributed by atoms with Crippen LogP contribution in [-0.4, -0.2) is 54.1 Å². The Morgan fingerprint density at radius 1 is 1.22 bits per heavy atom. The summed E-state index contributed by atoms with van der Waals surface area (Å²) in [4.78, 5) is 19.2. The number of thiazole rings is 1. The molecule has 0 spiro atoms. The van der Waals surface area contributed by atoms with Gasteiger partial charge >= 0.3 is 0 Å². The maximum absolute atomic E-state index is 13.1. The van der Waals surface area contributed by atoms with Gasteiger partial charge in [-0.15, -0.1) is 11.3 Å². The van der Waals surface area contributed by atoms with Crippen molar-refractivity contribution in [1.29, 1.82) is 0 Å². The van der Waals surface area contributed by atoms with Crippen molar-refractivity contribution in [3.8, 4) is 11.5 Å². The molecule has 36 heavy (non-hydrogen) atoms. The molecule has 3 aliphatic carbocycles. The fraction of sp³-hybridized carbons (Fsp3) is 0.630. The Kier molecular flexibility index (Phi) is 6.68. The minimum atomic E-state index is -0.635. The zero-order valence-corrected chi connectivity index (χ0v) is 22.3. The molecule has 1 heterocycles. The molecular formula is C27H37N3O5S. The molecule has 5 rings (SSSR count). The largest absolute Gasteiger partial charge is 0.497 e. The van der Waals surface area contributed by atoms with Crippen LogP contribution in [0.3, 0.4) is 0 Å². The van der Waals surface area contributed by atoms with Gasteiger partial charge in [-0.1, -0.05) is 13.8 Å². The molecule has 2 aromatic rings. The Morgan fingerprint density at radius 2 is 2.00 bits per heavy atom. The van der Waals surface area contributed by atoms with Gasteiger partial charge in [0, 0.05) is 34.7 Å². The summed E-state index contributed by atoms with van der Waals surface area (Å²) in [5.41, 5.74) is 0.823. The molecule has 4 N–H and O–H groups in total. The Balaban J connectivity index is 1.53. The van der Waals surface area contributed by atoms with E-state index >= 15 is 0 Å². The second kappa shape index (κ2) is 9.50. The Morgan fingerprint density at radius 3 is 2.67 bits per heavy atom. The summed E-state index contributed by atoms with van der Waals surface area (Å²) in [6.45, 7) is 4.13. The third-order valence-electron chi connectivity index (χ3n) is 8.87. The summed E-state index contributed by atoms with van der Waals surface area (Å²) >= 11 is 1.57. The highest BCUT2D eigenvalue weighted by Crippen LogP contribution is 2.63. The lowest BCUT2D eigenvalue weighted by molar-refractivity contribution is -0.144.